The van der Waals surface area contributed by atoms with Crippen molar-refractivity contribution in [3.05, 3.63) is 117 Å². The second kappa shape index (κ2) is 10.6. The van der Waals surface area contributed by atoms with Crippen LogP contribution in [0.3, 0.4) is 0 Å². The van der Waals surface area contributed by atoms with Gasteiger partial charge in [-0.05, 0) is 42.5 Å². The number of pyridine rings is 1. The number of rotatable bonds is 6. The van der Waals surface area contributed by atoms with Crippen LogP contribution in [0.4, 0.5) is 5.69 Å². The smallest absolute Gasteiger partial charge is 0.272 e. The monoisotopic (exact) mass is 533 g/mol. The van der Waals surface area contributed by atoms with Crippen molar-refractivity contribution < 1.29 is 9.72 Å². The van der Waals surface area contributed by atoms with Crippen LogP contribution >= 0.6 is 0 Å². The van der Waals surface area contributed by atoms with Crippen LogP contribution in [0.25, 0.3) is 33.4 Å². The van der Waals surface area contributed by atoms with Gasteiger partial charge in [-0.2, -0.15) is 5.10 Å². The number of carbonyl (C=O) groups excluding carboxylic acids is 1. The van der Waals surface area contributed by atoms with Gasteiger partial charge in [0, 0.05) is 34.2 Å². The highest BCUT2D eigenvalue weighted by molar-refractivity contribution is 6.01. The lowest BCUT2D eigenvalue weighted by Gasteiger charge is -2.22. The molecule has 3 aromatic carbocycles. The fourth-order valence-corrected chi connectivity index (χ4v) is 5.50. The lowest BCUT2D eigenvalue weighted by molar-refractivity contribution is -0.384. The van der Waals surface area contributed by atoms with E-state index in [-0.39, 0.29) is 11.2 Å². The van der Waals surface area contributed by atoms with E-state index < -0.39 is 16.4 Å². The molecule has 1 aliphatic carbocycles. The summed E-state index contributed by atoms with van der Waals surface area (Å²) in [6.45, 7) is 0. The molecule has 6 rings (SSSR count). The highest BCUT2D eigenvalue weighted by Gasteiger charge is 2.21. The van der Waals surface area contributed by atoms with Crippen LogP contribution in [-0.4, -0.2) is 25.7 Å². The van der Waals surface area contributed by atoms with E-state index in [4.69, 9.17) is 0 Å². The van der Waals surface area contributed by atoms with Gasteiger partial charge in [-0.25, -0.2) is 4.68 Å². The average molecular weight is 534 g/mol. The molecule has 0 saturated heterocycles. The van der Waals surface area contributed by atoms with Crippen LogP contribution in [0.2, 0.25) is 0 Å². The molecule has 0 bridgehead atoms. The molecule has 40 heavy (non-hydrogen) atoms. The number of nitro groups is 1. The molecule has 2 heterocycles. The largest absolute Gasteiger partial charge is 0.295 e. The summed E-state index contributed by atoms with van der Waals surface area (Å²) in [6.07, 6.45) is 6.20. The Bertz CT molecular complexity index is 1770. The third-order valence-corrected chi connectivity index (χ3v) is 7.61. The Morgan fingerprint density at radius 1 is 0.925 bits per heavy atom. The highest BCUT2D eigenvalue weighted by Crippen LogP contribution is 2.35. The van der Waals surface area contributed by atoms with Crippen molar-refractivity contribution in [1.82, 2.24) is 14.9 Å². The summed E-state index contributed by atoms with van der Waals surface area (Å²) < 4.78 is 1.12. The van der Waals surface area contributed by atoms with Crippen molar-refractivity contribution in [2.75, 3.05) is 5.43 Å². The molecule has 9 nitrogen and oxygen atoms in total. The first-order chi connectivity index (χ1) is 19.5. The second-order valence-electron chi connectivity index (χ2n) is 10.1. The Kier molecular flexibility index (Phi) is 6.69. The zero-order valence-corrected chi connectivity index (χ0v) is 21.7. The maximum atomic E-state index is 13.8. The quantitative estimate of drug-likeness (QED) is 0.193. The first-order valence-corrected chi connectivity index (χ1v) is 13.4. The second-order valence-corrected chi connectivity index (χ2v) is 10.1. The molecule has 1 fully saturated rings. The van der Waals surface area contributed by atoms with Gasteiger partial charge in [0.05, 0.1) is 10.6 Å². The summed E-state index contributed by atoms with van der Waals surface area (Å²) in [5.74, 6) is 0.0754. The fraction of sp³-hybridized carbons (Fsp3) is 0.194. The molecule has 0 radical (unpaired) electrons. The van der Waals surface area contributed by atoms with E-state index in [1.807, 2.05) is 12.1 Å². The van der Waals surface area contributed by atoms with E-state index in [0.717, 1.165) is 10.2 Å². The summed E-state index contributed by atoms with van der Waals surface area (Å²) in [5, 5.41) is 19.4. The number of nitrogens with zero attached hydrogens (tertiary/aromatic N) is 3. The number of aromatic amines is 1. The standard InChI is InChI=1S/C31H27N5O4/c37-30(23-10-5-2-6-11-23)34-35-27(24-12-7-13-25(18-24)36(39)40)19-26-28(32-33-29(26)31(35)38)22-16-14-21(15-17-22)20-8-3-1-4-9-20/h2,5-7,10-20H,1,3-4,8-9H2,(H,32,33)(H,34,37). The highest BCUT2D eigenvalue weighted by atomic mass is 16.6. The maximum Gasteiger partial charge on any atom is 0.295 e. The van der Waals surface area contributed by atoms with E-state index in [2.05, 4.69) is 27.8 Å². The molecule has 200 valence electrons. The number of benzene rings is 3. The Hall–Kier alpha value is -5.05. The normalized spacial score (nSPS) is 13.8. The molecular weight excluding hydrogens is 506 g/mol. The Morgan fingerprint density at radius 2 is 1.68 bits per heavy atom. The van der Waals surface area contributed by atoms with E-state index in [0.29, 0.717) is 33.8 Å². The van der Waals surface area contributed by atoms with Gasteiger partial charge in [-0.3, -0.25) is 30.2 Å². The molecule has 1 saturated carbocycles. The van der Waals surface area contributed by atoms with Crippen molar-refractivity contribution >= 4 is 22.5 Å². The number of non-ortho nitro benzene ring substituents is 1. The predicted molar refractivity (Wildman–Crippen MR) is 154 cm³/mol. The first kappa shape index (κ1) is 25.2. The van der Waals surface area contributed by atoms with Gasteiger partial charge < -0.3 is 0 Å². The van der Waals surface area contributed by atoms with E-state index in [1.165, 1.54) is 49.8 Å². The van der Waals surface area contributed by atoms with Crippen LogP contribution < -0.4 is 11.0 Å². The maximum absolute atomic E-state index is 13.8. The van der Waals surface area contributed by atoms with Crippen molar-refractivity contribution in [2.24, 2.45) is 0 Å². The number of nitrogens with one attached hydrogen (secondary N) is 2. The zero-order chi connectivity index (χ0) is 27.6. The SMILES string of the molecule is O=C(Nn1c(-c2cccc([N+](=O)[O-])c2)cc2c(-c3ccc(C4CCCCC4)cc3)n[nH]c2c1=O)c1ccccc1. The number of hydrogen-bond acceptors (Lipinski definition) is 5. The number of aromatic nitrogens is 3. The van der Waals surface area contributed by atoms with Crippen molar-refractivity contribution in [2.45, 2.75) is 38.0 Å². The van der Waals surface area contributed by atoms with E-state index >= 15 is 0 Å². The number of hydrogen-bond donors (Lipinski definition) is 2. The van der Waals surface area contributed by atoms with Gasteiger partial charge in [0.2, 0.25) is 0 Å². The summed E-state index contributed by atoms with van der Waals surface area (Å²) in [6, 6.07) is 24.5. The number of fused-ring (bicyclic) bond motifs is 1. The van der Waals surface area contributed by atoms with Crippen LogP contribution in [0.5, 0.6) is 0 Å². The Morgan fingerprint density at radius 3 is 2.40 bits per heavy atom. The average Bonchev–Trinajstić information content (AvgIpc) is 3.44. The molecule has 2 aromatic heterocycles. The van der Waals surface area contributed by atoms with E-state index in [1.54, 1.807) is 48.5 Å². The third kappa shape index (κ3) is 4.77. The van der Waals surface area contributed by atoms with Gasteiger partial charge >= 0.3 is 0 Å². The zero-order valence-electron chi connectivity index (χ0n) is 21.7. The summed E-state index contributed by atoms with van der Waals surface area (Å²) in [4.78, 5) is 37.8. The van der Waals surface area contributed by atoms with Gasteiger partial charge in [0.1, 0.15) is 11.2 Å². The third-order valence-electron chi connectivity index (χ3n) is 7.61. The minimum absolute atomic E-state index is 0.128. The molecule has 1 aliphatic rings. The summed E-state index contributed by atoms with van der Waals surface area (Å²) >= 11 is 0. The molecule has 2 N–H and O–H groups in total. The predicted octanol–water partition coefficient (Wildman–Crippen LogP) is 6.40. The molecular formula is C31H27N5O4. The topological polar surface area (TPSA) is 123 Å². The molecule has 0 spiro atoms. The molecule has 0 aliphatic heterocycles. The van der Waals surface area contributed by atoms with Crippen LogP contribution in [0.15, 0.2) is 89.7 Å². The minimum Gasteiger partial charge on any atom is -0.272 e. The Labute approximate surface area is 229 Å². The lowest BCUT2D eigenvalue weighted by atomic mass is 9.84. The van der Waals surface area contributed by atoms with Crippen molar-refractivity contribution in [3.8, 4) is 22.5 Å². The first-order valence-electron chi connectivity index (χ1n) is 13.4. The number of carbonyl (C=O) groups is 1. The number of amides is 1. The fourth-order valence-electron chi connectivity index (χ4n) is 5.50. The van der Waals surface area contributed by atoms with Crippen LogP contribution in [-0.2, 0) is 0 Å². The molecule has 0 atom stereocenters. The lowest BCUT2D eigenvalue weighted by Crippen LogP contribution is -2.34. The molecule has 0 unspecified atom stereocenters. The van der Waals surface area contributed by atoms with Crippen LogP contribution in [0, 0.1) is 10.1 Å². The van der Waals surface area contributed by atoms with Crippen LogP contribution in [0.1, 0.15) is 53.9 Å². The summed E-state index contributed by atoms with van der Waals surface area (Å²) in [5.41, 5.74) is 6.06. The van der Waals surface area contributed by atoms with Gasteiger partial charge in [0.15, 0.2) is 0 Å². The number of nitro benzene ring substituents is 1. The summed E-state index contributed by atoms with van der Waals surface area (Å²) in [7, 11) is 0. The minimum atomic E-state index is -0.527. The van der Waals surface area contributed by atoms with Gasteiger partial charge in [-0.1, -0.05) is 73.9 Å². The Balaban J connectivity index is 1.47. The van der Waals surface area contributed by atoms with Gasteiger partial charge in [0.25, 0.3) is 17.2 Å². The molecule has 9 heteroatoms. The van der Waals surface area contributed by atoms with Crippen molar-refractivity contribution in [3.63, 3.8) is 0 Å². The number of H-pyrrole nitrogens is 1. The van der Waals surface area contributed by atoms with Crippen molar-refractivity contribution in [1.29, 1.82) is 0 Å². The van der Waals surface area contributed by atoms with E-state index in [9.17, 15) is 19.7 Å². The molecule has 1 amide bonds. The van der Waals surface area contributed by atoms with Gasteiger partial charge in [-0.15, -0.1) is 0 Å². The molecule has 5 aromatic rings.